The van der Waals surface area contributed by atoms with Crippen LogP contribution >= 0.6 is 23.5 Å². The van der Waals surface area contributed by atoms with Crippen molar-refractivity contribution in [2.24, 2.45) is 10.8 Å². The molecule has 0 spiro atoms. The van der Waals surface area contributed by atoms with E-state index in [0.29, 0.717) is 18.5 Å². The molecule has 0 aromatic rings. The molecule has 8 nitrogen and oxygen atoms in total. The number of esters is 1. The largest absolute Gasteiger partial charge is 0.459 e. The van der Waals surface area contributed by atoms with E-state index in [-0.39, 0.29) is 36.2 Å². The third-order valence-electron chi connectivity index (χ3n) is 5.82. The summed E-state index contributed by atoms with van der Waals surface area (Å²) in [5.74, 6) is 2.83. The van der Waals surface area contributed by atoms with E-state index >= 15 is 0 Å². The molecule has 0 aromatic heterocycles. The number of alkyl carbamates (subject to hydrolysis) is 2. The molecule has 2 amide bonds. The third-order valence-corrected chi connectivity index (χ3v) is 8.26. The average Bonchev–Trinajstić information content (AvgIpc) is 2.72. The van der Waals surface area contributed by atoms with Crippen LogP contribution in [0.15, 0.2) is 24.3 Å². The van der Waals surface area contributed by atoms with Crippen LogP contribution in [0, 0.1) is 10.8 Å². The minimum absolute atomic E-state index is 0.0220. The van der Waals surface area contributed by atoms with Crippen LogP contribution in [-0.4, -0.2) is 73.1 Å². The number of hydrogen-bond donors (Lipinski definition) is 2. The number of ether oxygens (including phenoxy) is 3. The zero-order valence-electron chi connectivity index (χ0n) is 21.4. The molecule has 2 atom stereocenters. The van der Waals surface area contributed by atoms with Crippen LogP contribution in [0.4, 0.5) is 9.59 Å². The van der Waals surface area contributed by atoms with Gasteiger partial charge in [-0.15, -0.1) is 0 Å². The van der Waals surface area contributed by atoms with Crippen molar-refractivity contribution in [3.05, 3.63) is 24.3 Å². The Bertz CT molecular complexity index is 791. The van der Waals surface area contributed by atoms with Crippen molar-refractivity contribution < 1.29 is 28.6 Å². The molecule has 1 saturated heterocycles. The number of rotatable bonds is 8. The lowest BCUT2D eigenvalue weighted by atomic mass is 9.62. The molecule has 198 valence electrons. The highest BCUT2D eigenvalue weighted by Crippen LogP contribution is 2.45. The van der Waals surface area contributed by atoms with E-state index in [1.165, 1.54) is 5.57 Å². The van der Waals surface area contributed by atoms with Gasteiger partial charge in [-0.3, -0.25) is 0 Å². The van der Waals surface area contributed by atoms with E-state index in [0.717, 1.165) is 35.9 Å². The molecule has 10 heteroatoms. The highest BCUT2D eigenvalue weighted by molar-refractivity contribution is 8.01. The van der Waals surface area contributed by atoms with Gasteiger partial charge in [0.1, 0.15) is 19.3 Å². The van der Waals surface area contributed by atoms with Gasteiger partial charge in [-0.05, 0) is 37.0 Å². The van der Waals surface area contributed by atoms with Gasteiger partial charge in [0, 0.05) is 41.2 Å². The fraction of sp³-hybridized carbons (Fsp3) is 0.720. The van der Waals surface area contributed by atoms with Crippen molar-refractivity contribution >= 4 is 41.7 Å². The van der Waals surface area contributed by atoms with Gasteiger partial charge >= 0.3 is 18.2 Å². The molecule has 0 aromatic carbocycles. The summed E-state index contributed by atoms with van der Waals surface area (Å²) in [6.07, 6.45) is 1.35. The van der Waals surface area contributed by atoms with E-state index in [2.05, 4.69) is 44.6 Å². The van der Waals surface area contributed by atoms with Gasteiger partial charge in [0.2, 0.25) is 0 Å². The Kier molecular flexibility index (Phi) is 11.3. The minimum Gasteiger partial charge on any atom is -0.459 e. The Balaban J connectivity index is 1.79. The lowest BCUT2D eigenvalue weighted by Crippen LogP contribution is -2.50. The molecule has 2 unspecified atom stereocenters. The SMILES string of the molecule is C=C1CSCC(OC(=O)NCC2(C)CC(NC(=O)OCCOC(=O)C(=C)C)CC(C)(C)C2)CSC1. The summed E-state index contributed by atoms with van der Waals surface area (Å²) >= 11 is 3.50. The maximum atomic E-state index is 12.5. The minimum atomic E-state index is -0.546. The molecule has 2 fully saturated rings. The number of nitrogens with one attached hydrogen (secondary N) is 2. The van der Waals surface area contributed by atoms with Gasteiger partial charge in [0.05, 0.1) is 0 Å². The molecular formula is C25H40N2O6S2. The first-order chi connectivity index (χ1) is 16.4. The maximum Gasteiger partial charge on any atom is 0.407 e. The summed E-state index contributed by atoms with van der Waals surface area (Å²) in [4.78, 5) is 36.2. The van der Waals surface area contributed by atoms with Crippen LogP contribution in [-0.2, 0) is 19.0 Å². The molecule has 1 aliphatic carbocycles. The topological polar surface area (TPSA) is 103 Å². The summed E-state index contributed by atoms with van der Waals surface area (Å²) in [6.45, 7) is 16.0. The molecular weight excluding hydrogens is 488 g/mol. The molecule has 2 aliphatic rings. The second kappa shape index (κ2) is 13.5. The highest BCUT2D eigenvalue weighted by atomic mass is 32.2. The molecule has 1 aliphatic heterocycles. The van der Waals surface area contributed by atoms with Gasteiger partial charge in [-0.1, -0.05) is 39.5 Å². The van der Waals surface area contributed by atoms with Crippen LogP contribution in [0.2, 0.25) is 0 Å². The Morgan fingerprint density at radius 1 is 1.03 bits per heavy atom. The number of amides is 2. The fourth-order valence-electron chi connectivity index (χ4n) is 4.78. The van der Waals surface area contributed by atoms with E-state index in [4.69, 9.17) is 14.2 Å². The molecule has 1 saturated carbocycles. The normalized spacial score (nSPS) is 24.9. The van der Waals surface area contributed by atoms with Crippen molar-refractivity contribution in [2.75, 3.05) is 42.8 Å². The first-order valence-corrected chi connectivity index (χ1v) is 14.2. The Labute approximate surface area is 217 Å². The van der Waals surface area contributed by atoms with Crippen LogP contribution in [0.1, 0.15) is 47.0 Å². The predicted molar refractivity (Wildman–Crippen MR) is 142 cm³/mol. The standard InChI is InChI=1S/C25H40N2O6S2/c1-17(2)21(28)31-7-8-32-23(30)27-19-9-24(4,5)15-25(6,10-19)16-26-22(29)33-20-13-34-11-18(3)12-35-14-20/h19-20H,1,3,7-16H2,2,4-6H3,(H,26,29)(H,27,30). The first kappa shape index (κ1) is 29.4. The summed E-state index contributed by atoms with van der Waals surface area (Å²) in [7, 11) is 0. The summed E-state index contributed by atoms with van der Waals surface area (Å²) in [5.41, 5.74) is 1.28. The monoisotopic (exact) mass is 528 g/mol. The molecule has 0 bridgehead atoms. The van der Waals surface area contributed by atoms with Crippen molar-refractivity contribution in [1.29, 1.82) is 0 Å². The zero-order chi connectivity index (χ0) is 26.1. The van der Waals surface area contributed by atoms with Crippen LogP contribution in [0.25, 0.3) is 0 Å². The highest BCUT2D eigenvalue weighted by Gasteiger charge is 2.42. The Hall–Kier alpha value is -1.81. The van der Waals surface area contributed by atoms with E-state index in [9.17, 15) is 14.4 Å². The van der Waals surface area contributed by atoms with Gasteiger partial charge in [-0.2, -0.15) is 23.5 Å². The van der Waals surface area contributed by atoms with Gasteiger partial charge in [-0.25, -0.2) is 14.4 Å². The van der Waals surface area contributed by atoms with Crippen LogP contribution in [0.5, 0.6) is 0 Å². The second-order valence-corrected chi connectivity index (χ2v) is 12.7. The van der Waals surface area contributed by atoms with Crippen molar-refractivity contribution in [3.63, 3.8) is 0 Å². The summed E-state index contributed by atoms with van der Waals surface area (Å²) in [5, 5.41) is 5.90. The van der Waals surface area contributed by atoms with Crippen molar-refractivity contribution in [3.8, 4) is 0 Å². The number of thioether (sulfide) groups is 2. The fourth-order valence-corrected chi connectivity index (χ4v) is 6.97. The Morgan fingerprint density at radius 3 is 2.29 bits per heavy atom. The van der Waals surface area contributed by atoms with Gasteiger partial charge < -0.3 is 24.8 Å². The number of carbonyl (C=O) groups is 3. The molecule has 1 heterocycles. The second-order valence-electron chi connectivity index (χ2n) is 10.6. The van der Waals surface area contributed by atoms with Gasteiger partial charge in [0.25, 0.3) is 0 Å². The van der Waals surface area contributed by atoms with E-state index in [1.54, 1.807) is 30.4 Å². The lowest BCUT2D eigenvalue weighted by molar-refractivity contribution is -0.139. The first-order valence-electron chi connectivity index (χ1n) is 11.9. The smallest absolute Gasteiger partial charge is 0.407 e. The van der Waals surface area contributed by atoms with Gasteiger partial charge in [0.15, 0.2) is 0 Å². The summed E-state index contributed by atoms with van der Waals surface area (Å²) in [6, 6.07) is -0.0986. The van der Waals surface area contributed by atoms with E-state index in [1.807, 2.05) is 0 Å². The molecule has 0 radical (unpaired) electrons. The molecule has 35 heavy (non-hydrogen) atoms. The van der Waals surface area contributed by atoms with Crippen LogP contribution in [0.3, 0.4) is 0 Å². The zero-order valence-corrected chi connectivity index (χ0v) is 23.0. The molecule has 2 N–H and O–H groups in total. The quantitative estimate of drug-likeness (QED) is 0.156. The van der Waals surface area contributed by atoms with E-state index < -0.39 is 18.2 Å². The Morgan fingerprint density at radius 2 is 1.66 bits per heavy atom. The van der Waals surface area contributed by atoms with Crippen molar-refractivity contribution in [2.45, 2.75) is 59.1 Å². The van der Waals surface area contributed by atoms with Crippen molar-refractivity contribution in [1.82, 2.24) is 10.6 Å². The lowest BCUT2D eigenvalue weighted by Gasteiger charge is -2.46. The third kappa shape index (κ3) is 11.2. The average molecular weight is 529 g/mol. The number of carbonyl (C=O) groups excluding carboxylic acids is 3. The number of hydrogen-bond acceptors (Lipinski definition) is 8. The predicted octanol–water partition coefficient (Wildman–Crippen LogP) is 4.55. The maximum absolute atomic E-state index is 12.5. The molecule has 2 rings (SSSR count). The summed E-state index contributed by atoms with van der Waals surface area (Å²) < 4.78 is 15.8. The van der Waals surface area contributed by atoms with Crippen LogP contribution < -0.4 is 10.6 Å².